The number of ether oxygens (including phenoxy) is 1. The van der Waals surface area contributed by atoms with Crippen molar-refractivity contribution in [2.24, 2.45) is 11.8 Å². The van der Waals surface area contributed by atoms with E-state index in [2.05, 4.69) is 47.3 Å². The summed E-state index contributed by atoms with van der Waals surface area (Å²) < 4.78 is 11.3. The maximum atomic E-state index is 5.99. The van der Waals surface area contributed by atoms with Crippen molar-refractivity contribution < 1.29 is 9.26 Å². The van der Waals surface area contributed by atoms with Crippen molar-refractivity contribution in [3.63, 3.8) is 0 Å². The van der Waals surface area contributed by atoms with E-state index in [1.807, 2.05) is 12.1 Å². The molecule has 2 heterocycles. The molecule has 0 saturated carbocycles. The van der Waals surface area contributed by atoms with Gasteiger partial charge in [-0.3, -0.25) is 0 Å². The predicted octanol–water partition coefficient (Wildman–Crippen LogP) is 5.45. The van der Waals surface area contributed by atoms with Gasteiger partial charge in [0.05, 0.1) is 12.0 Å². The molecule has 1 atom stereocenters. The van der Waals surface area contributed by atoms with Gasteiger partial charge in [0, 0.05) is 17.6 Å². The zero-order valence-electron chi connectivity index (χ0n) is 16.3. The van der Waals surface area contributed by atoms with E-state index >= 15 is 0 Å². The fourth-order valence-corrected chi connectivity index (χ4v) is 4.18. The average Bonchev–Trinajstić information content (AvgIpc) is 3.13. The van der Waals surface area contributed by atoms with E-state index in [4.69, 9.17) is 20.9 Å². The predicted molar refractivity (Wildman–Crippen MR) is 113 cm³/mol. The van der Waals surface area contributed by atoms with Gasteiger partial charge in [0.15, 0.2) is 5.58 Å². The number of benzene rings is 2. The second kappa shape index (κ2) is 8.97. The molecule has 0 spiro atoms. The number of piperidine rings is 1. The molecule has 4 nitrogen and oxygen atoms in total. The van der Waals surface area contributed by atoms with Crippen molar-refractivity contribution in [3.8, 4) is 5.88 Å². The van der Waals surface area contributed by atoms with Gasteiger partial charge in [0.1, 0.15) is 0 Å². The highest BCUT2D eigenvalue weighted by molar-refractivity contribution is 6.31. The second-order valence-electron chi connectivity index (χ2n) is 7.83. The van der Waals surface area contributed by atoms with Crippen molar-refractivity contribution >= 4 is 22.6 Å². The summed E-state index contributed by atoms with van der Waals surface area (Å²) in [7, 11) is 0. The number of aromatic nitrogens is 1. The van der Waals surface area contributed by atoms with Crippen molar-refractivity contribution in [3.05, 3.63) is 59.1 Å². The maximum Gasteiger partial charge on any atom is 0.262 e. The maximum absolute atomic E-state index is 5.99. The molecule has 148 valence electrons. The number of rotatable bonds is 7. The molecule has 1 fully saturated rings. The number of fused-ring (bicyclic) bond motifs is 1. The summed E-state index contributed by atoms with van der Waals surface area (Å²) >= 11 is 5.99. The molecular formula is C23H27ClN2O2. The highest BCUT2D eigenvalue weighted by atomic mass is 35.5. The number of likely N-dealkylation sites (tertiary alicyclic amines) is 1. The molecule has 1 aliphatic rings. The zero-order valence-corrected chi connectivity index (χ0v) is 17.1. The van der Waals surface area contributed by atoms with Crippen LogP contribution in [0, 0.1) is 11.8 Å². The third-order valence-corrected chi connectivity index (χ3v) is 6.12. The molecule has 0 aliphatic carbocycles. The summed E-state index contributed by atoms with van der Waals surface area (Å²) in [6.45, 7) is 6.44. The molecule has 0 bridgehead atoms. The van der Waals surface area contributed by atoms with Crippen molar-refractivity contribution in [1.29, 1.82) is 0 Å². The van der Waals surface area contributed by atoms with E-state index in [1.54, 1.807) is 6.07 Å². The summed E-state index contributed by atoms with van der Waals surface area (Å²) in [5, 5.41) is 5.58. The van der Waals surface area contributed by atoms with Gasteiger partial charge in [0.2, 0.25) is 0 Å². The van der Waals surface area contributed by atoms with Crippen LogP contribution >= 0.6 is 11.6 Å². The lowest BCUT2D eigenvalue weighted by Crippen LogP contribution is -2.37. The van der Waals surface area contributed by atoms with Crippen LogP contribution in [0.3, 0.4) is 0 Å². The Balaban J connectivity index is 1.23. The topological polar surface area (TPSA) is 38.5 Å². The summed E-state index contributed by atoms with van der Waals surface area (Å²) in [6.07, 6.45) is 3.59. The minimum Gasteiger partial charge on any atom is -0.475 e. The highest BCUT2D eigenvalue weighted by Crippen LogP contribution is 2.29. The Hall–Kier alpha value is -2.04. The van der Waals surface area contributed by atoms with E-state index in [0.717, 1.165) is 18.4 Å². The quantitative estimate of drug-likeness (QED) is 0.530. The van der Waals surface area contributed by atoms with Gasteiger partial charge >= 0.3 is 0 Å². The van der Waals surface area contributed by atoms with E-state index in [0.29, 0.717) is 34.9 Å². The van der Waals surface area contributed by atoms with E-state index in [1.165, 1.54) is 31.5 Å². The normalized spacial score (nSPS) is 17.1. The molecule has 1 aliphatic heterocycles. The Bertz CT molecular complexity index is 888. The third kappa shape index (κ3) is 4.68. The molecule has 5 heteroatoms. The standard InChI is InChI=1S/C23H27ClN2O2/c1-17(16-27-23-21-8-7-20(24)15-22(21)28-25-23)19-10-13-26(14-11-19)12-9-18-5-3-2-4-6-18/h2-8,15,17,19H,9-14,16H2,1H3. The van der Waals surface area contributed by atoms with Gasteiger partial charge in [-0.15, -0.1) is 0 Å². The number of nitrogens with zero attached hydrogens (tertiary/aromatic N) is 2. The molecule has 0 radical (unpaired) electrons. The molecule has 3 aromatic rings. The molecule has 2 aromatic carbocycles. The Kier molecular flexibility index (Phi) is 6.18. The molecule has 0 amide bonds. The molecule has 28 heavy (non-hydrogen) atoms. The number of hydrogen-bond acceptors (Lipinski definition) is 4. The van der Waals surface area contributed by atoms with Crippen LogP contribution in [0.25, 0.3) is 11.0 Å². The SMILES string of the molecule is CC(COc1noc2cc(Cl)ccc12)C1CCN(CCc2ccccc2)CC1. The van der Waals surface area contributed by atoms with Gasteiger partial charge < -0.3 is 14.2 Å². The summed E-state index contributed by atoms with van der Waals surface area (Å²) in [6, 6.07) is 16.3. The van der Waals surface area contributed by atoms with E-state index in [-0.39, 0.29) is 0 Å². The lowest BCUT2D eigenvalue weighted by atomic mass is 9.86. The fourth-order valence-electron chi connectivity index (χ4n) is 4.02. The summed E-state index contributed by atoms with van der Waals surface area (Å²) in [5.74, 6) is 1.76. The van der Waals surface area contributed by atoms with Gasteiger partial charge in [-0.05, 0) is 67.0 Å². The van der Waals surface area contributed by atoms with Crippen molar-refractivity contribution in [2.45, 2.75) is 26.2 Å². The first-order chi connectivity index (χ1) is 13.7. The Morgan fingerprint density at radius 1 is 1.18 bits per heavy atom. The van der Waals surface area contributed by atoms with Crippen LogP contribution in [0.1, 0.15) is 25.3 Å². The van der Waals surface area contributed by atoms with Crippen LogP contribution in [-0.4, -0.2) is 36.3 Å². The first-order valence-electron chi connectivity index (χ1n) is 10.1. The molecule has 4 rings (SSSR count). The van der Waals surface area contributed by atoms with Gasteiger partial charge in [0.25, 0.3) is 5.88 Å². The fraction of sp³-hybridized carbons (Fsp3) is 0.435. The Morgan fingerprint density at radius 3 is 2.75 bits per heavy atom. The van der Waals surface area contributed by atoms with Crippen LogP contribution in [0.15, 0.2) is 53.1 Å². The lowest BCUT2D eigenvalue weighted by molar-refractivity contribution is 0.121. The first kappa shape index (κ1) is 19.3. The van der Waals surface area contributed by atoms with Crippen LogP contribution in [-0.2, 0) is 6.42 Å². The summed E-state index contributed by atoms with van der Waals surface area (Å²) in [5.41, 5.74) is 2.09. The van der Waals surface area contributed by atoms with Gasteiger partial charge in [-0.2, -0.15) is 0 Å². The van der Waals surface area contributed by atoms with Crippen LogP contribution in [0.4, 0.5) is 0 Å². The number of halogens is 1. The second-order valence-corrected chi connectivity index (χ2v) is 8.27. The van der Waals surface area contributed by atoms with E-state index < -0.39 is 0 Å². The minimum atomic E-state index is 0.496. The largest absolute Gasteiger partial charge is 0.475 e. The molecular weight excluding hydrogens is 372 g/mol. The third-order valence-electron chi connectivity index (χ3n) is 5.88. The smallest absolute Gasteiger partial charge is 0.262 e. The van der Waals surface area contributed by atoms with Crippen LogP contribution in [0.5, 0.6) is 5.88 Å². The lowest BCUT2D eigenvalue weighted by Gasteiger charge is -2.34. The minimum absolute atomic E-state index is 0.496. The Labute approximate surface area is 171 Å². The zero-order chi connectivity index (χ0) is 19.3. The van der Waals surface area contributed by atoms with Crippen LogP contribution < -0.4 is 4.74 Å². The van der Waals surface area contributed by atoms with Crippen molar-refractivity contribution in [2.75, 3.05) is 26.2 Å². The molecule has 1 aromatic heterocycles. The number of hydrogen-bond donors (Lipinski definition) is 0. The first-order valence-corrected chi connectivity index (χ1v) is 10.5. The molecule has 1 saturated heterocycles. The van der Waals surface area contributed by atoms with Gasteiger partial charge in [-0.25, -0.2) is 0 Å². The molecule has 0 N–H and O–H groups in total. The van der Waals surface area contributed by atoms with Crippen molar-refractivity contribution in [1.82, 2.24) is 10.1 Å². The van der Waals surface area contributed by atoms with Crippen LogP contribution in [0.2, 0.25) is 5.02 Å². The van der Waals surface area contributed by atoms with E-state index in [9.17, 15) is 0 Å². The van der Waals surface area contributed by atoms with Gasteiger partial charge in [-0.1, -0.05) is 48.9 Å². The highest BCUT2D eigenvalue weighted by Gasteiger charge is 2.24. The monoisotopic (exact) mass is 398 g/mol. The summed E-state index contributed by atoms with van der Waals surface area (Å²) in [4.78, 5) is 2.59. The molecule has 1 unspecified atom stereocenters. The average molecular weight is 399 g/mol. The Morgan fingerprint density at radius 2 is 1.96 bits per heavy atom.